The van der Waals surface area contributed by atoms with Gasteiger partial charge >= 0.3 is 19.8 Å². The van der Waals surface area contributed by atoms with Crippen molar-refractivity contribution < 1.29 is 42.1 Å². The van der Waals surface area contributed by atoms with E-state index in [2.05, 4.69) is 86.8 Å². The van der Waals surface area contributed by atoms with Crippen LogP contribution >= 0.6 is 7.82 Å². The number of likely N-dealkylation sites (N-methyl/N-ethyl adjacent to an activating group) is 1. The molecule has 1 N–H and O–H groups in total. The largest absolute Gasteiger partial charge is 0.472 e. The molecule has 0 aromatic carbocycles. The Balaban J connectivity index is 3.85. The summed E-state index contributed by atoms with van der Waals surface area (Å²) < 4.78 is 34.9. The second-order valence-corrected chi connectivity index (χ2v) is 33.1. The average Bonchev–Trinajstić information content (AvgIpc) is 0.913. The SMILES string of the molecule is CC/C=C\C/C=C\C/C=C\C/C=C\C/C=C\CCCCCCCCCCCCCCCCCCCCCCCC(=O)OC(COC(=O)CCCCCCCCCCCCCCCCCCCCCCCCCCCCCCC/C=C\CCCCCCCCCC)COP(=O)(O)OCC[N+](C)(C)C. The predicted octanol–water partition coefficient (Wildman–Crippen LogP) is 30.2. The van der Waals surface area contributed by atoms with Crippen molar-refractivity contribution in [1.82, 2.24) is 0 Å². The van der Waals surface area contributed by atoms with Gasteiger partial charge in [-0.05, 0) is 83.5 Å². The Bertz CT molecular complexity index is 1950. The van der Waals surface area contributed by atoms with E-state index in [0.29, 0.717) is 23.9 Å². The Kier molecular flexibility index (Phi) is 80.4. The molecule has 0 aliphatic rings. The van der Waals surface area contributed by atoms with Crippen LogP contribution in [0, 0.1) is 0 Å². The van der Waals surface area contributed by atoms with E-state index in [1.807, 2.05) is 21.1 Å². The van der Waals surface area contributed by atoms with Gasteiger partial charge in [0.05, 0.1) is 27.7 Å². The molecule has 10 heteroatoms. The van der Waals surface area contributed by atoms with Gasteiger partial charge in [0, 0.05) is 12.8 Å². The third kappa shape index (κ3) is 86.4. The van der Waals surface area contributed by atoms with Crippen LogP contribution in [-0.4, -0.2) is 74.9 Å². The monoisotopic (exact) mass is 1450 g/mol. The molecule has 0 rings (SSSR count). The van der Waals surface area contributed by atoms with Crippen molar-refractivity contribution in [3.05, 3.63) is 72.9 Å². The van der Waals surface area contributed by atoms with Crippen molar-refractivity contribution in [1.29, 1.82) is 0 Å². The normalized spacial score (nSPS) is 13.3. The summed E-state index contributed by atoms with van der Waals surface area (Å²) in [6, 6.07) is 0. The van der Waals surface area contributed by atoms with Crippen LogP contribution in [0.5, 0.6) is 0 Å². The quantitative estimate of drug-likeness (QED) is 0.0211. The number of ether oxygens (including phenoxy) is 2. The minimum absolute atomic E-state index is 0.0339. The van der Waals surface area contributed by atoms with E-state index in [9.17, 15) is 19.0 Å². The summed E-state index contributed by atoms with van der Waals surface area (Å²) in [5.74, 6) is -0.772. The van der Waals surface area contributed by atoms with Crippen molar-refractivity contribution in [2.75, 3.05) is 47.5 Å². The molecule has 0 aliphatic carbocycles. The molecular formula is C92H173NO8P+. The van der Waals surface area contributed by atoms with Crippen molar-refractivity contribution in [3.63, 3.8) is 0 Å². The van der Waals surface area contributed by atoms with E-state index in [1.165, 1.54) is 353 Å². The Morgan fingerprint density at radius 1 is 0.314 bits per heavy atom. The second-order valence-electron chi connectivity index (χ2n) is 31.6. The molecule has 598 valence electrons. The van der Waals surface area contributed by atoms with E-state index in [4.69, 9.17) is 18.5 Å². The fourth-order valence-electron chi connectivity index (χ4n) is 13.5. The Morgan fingerprint density at radius 3 is 0.843 bits per heavy atom. The van der Waals surface area contributed by atoms with E-state index in [1.54, 1.807) is 0 Å². The number of hydrogen-bond acceptors (Lipinski definition) is 7. The van der Waals surface area contributed by atoms with E-state index >= 15 is 0 Å². The van der Waals surface area contributed by atoms with E-state index < -0.39 is 26.5 Å². The number of nitrogens with zero attached hydrogens (tertiary/aromatic N) is 1. The van der Waals surface area contributed by atoms with Gasteiger partial charge < -0.3 is 18.9 Å². The molecule has 0 fully saturated rings. The maximum Gasteiger partial charge on any atom is 0.472 e. The lowest BCUT2D eigenvalue weighted by Gasteiger charge is -2.24. The van der Waals surface area contributed by atoms with Crippen LogP contribution in [-0.2, 0) is 32.7 Å². The maximum atomic E-state index is 12.9. The zero-order chi connectivity index (χ0) is 74.0. The van der Waals surface area contributed by atoms with Gasteiger partial charge in [0.2, 0.25) is 0 Å². The summed E-state index contributed by atoms with van der Waals surface area (Å²) >= 11 is 0. The van der Waals surface area contributed by atoms with Crippen LogP contribution in [0.3, 0.4) is 0 Å². The average molecular weight is 1450 g/mol. The number of unbranched alkanes of at least 4 members (excludes halogenated alkanes) is 58. The molecule has 0 saturated carbocycles. The molecule has 0 radical (unpaired) electrons. The first-order valence-corrected chi connectivity index (χ1v) is 46.2. The molecular weight excluding hydrogens is 1280 g/mol. The summed E-state index contributed by atoms with van der Waals surface area (Å²) in [5.41, 5.74) is 0. The highest BCUT2D eigenvalue weighted by Crippen LogP contribution is 2.43. The number of esters is 2. The fourth-order valence-corrected chi connectivity index (χ4v) is 14.2. The number of hydrogen-bond donors (Lipinski definition) is 1. The van der Waals surface area contributed by atoms with Gasteiger partial charge in [0.25, 0.3) is 0 Å². The molecule has 0 aromatic rings. The van der Waals surface area contributed by atoms with Crippen molar-refractivity contribution >= 4 is 19.8 Å². The Labute approximate surface area is 635 Å². The number of rotatable bonds is 84. The highest BCUT2D eigenvalue weighted by Gasteiger charge is 2.27. The second kappa shape index (κ2) is 82.5. The lowest BCUT2D eigenvalue weighted by atomic mass is 10.0. The molecule has 0 heterocycles. The predicted molar refractivity (Wildman–Crippen MR) is 446 cm³/mol. The van der Waals surface area contributed by atoms with Crippen LogP contribution in [0.1, 0.15) is 450 Å². The Hall–Kier alpha value is -2.55. The summed E-state index contributed by atoms with van der Waals surface area (Å²) in [4.78, 5) is 36.1. The smallest absolute Gasteiger partial charge is 0.462 e. The minimum atomic E-state index is -4.40. The number of carbonyl (C=O) groups is 2. The lowest BCUT2D eigenvalue weighted by Crippen LogP contribution is -2.37. The first-order valence-electron chi connectivity index (χ1n) is 44.7. The molecule has 102 heavy (non-hydrogen) atoms. The van der Waals surface area contributed by atoms with E-state index in [-0.39, 0.29) is 25.6 Å². The van der Waals surface area contributed by atoms with Crippen LogP contribution in [0.25, 0.3) is 0 Å². The summed E-state index contributed by atoms with van der Waals surface area (Å²) in [5, 5.41) is 0. The van der Waals surface area contributed by atoms with Crippen molar-refractivity contribution in [3.8, 4) is 0 Å². The number of phosphoric ester groups is 1. The van der Waals surface area contributed by atoms with Crippen molar-refractivity contribution in [2.24, 2.45) is 0 Å². The lowest BCUT2D eigenvalue weighted by molar-refractivity contribution is -0.870. The molecule has 9 nitrogen and oxygen atoms in total. The van der Waals surface area contributed by atoms with Crippen LogP contribution in [0.4, 0.5) is 0 Å². The van der Waals surface area contributed by atoms with E-state index in [0.717, 1.165) is 64.2 Å². The molecule has 2 atom stereocenters. The minimum Gasteiger partial charge on any atom is -0.462 e. The molecule has 0 bridgehead atoms. The fraction of sp³-hybridized carbons (Fsp3) is 0.848. The zero-order valence-electron chi connectivity index (χ0n) is 68.6. The molecule has 0 amide bonds. The van der Waals surface area contributed by atoms with Gasteiger partial charge in [-0.3, -0.25) is 18.6 Å². The van der Waals surface area contributed by atoms with Gasteiger partial charge in [-0.15, -0.1) is 0 Å². The summed E-state index contributed by atoms with van der Waals surface area (Å²) in [6.07, 6.45) is 114. The highest BCUT2D eigenvalue weighted by molar-refractivity contribution is 7.47. The zero-order valence-corrected chi connectivity index (χ0v) is 69.5. The maximum absolute atomic E-state index is 12.9. The van der Waals surface area contributed by atoms with Crippen LogP contribution in [0.15, 0.2) is 72.9 Å². The molecule has 2 unspecified atom stereocenters. The van der Waals surface area contributed by atoms with Gasteiger partial charge in [-0.2, -0.15) is 0 Å². The summed E-state index contributed by atoms with van der Waals surface area (Å²) in [6.45, 7) is 4.40. The van der Waals surface area contributed by atoms with Crippen molar-refractivity contribution in [2.45, 2.75) is 457 Å². The first-order chi connectivity index (χ1) is 50.0. The van der Waals surface area contributed by atoms with Gasteiger partial charge in [0.1, 0.15) is 19.8 Å². The molecule has 0 aliphatic heterocycles. The molecule has 0 aromatic heterocycles. The number of allylic oxidation sites excluding steroid dienone is 12. The summed E-state index contributed by atoms with van der Waals surface area (Å²) in [7, 11) is 1.50. The van der Waals surface area contributed by atoms with Crippen LogP contribution < -0.4 is 0 Å². The van der Waals surface area contributed by atoms with Gasteiger partial charge in [0.15, 0.2) is 6.10 Å². The van der Waals surface area contributed by atoms with Crippen LogP contribution in [0.2, 0.25) is 0 Å². The number of carbonyl (C=O) groups excluding carboxylic acids is 2. The van der Waals surface area contributed by atoms with Gasteiger partial charge in [-0.1, -0.05) is 427 Å². The number of phosphoric acid groups is 1. The first kappa shape index (κ1) is 99.5. The highest BCUT2D eigenvalue weighted by atomic mass is 31.2. The number of quaternary nitrogens is 1. The Morgan fingerprint density at radius 2 is 0.559 bits per heavy atom. The third-order valence-corrected chi connectivity index (χ3v) is 21.2. The third-order valence-electron chi connectivity index (χ3n) is 20.2. The van der Waals surface area contributed by atoms with Gasteiger partial charge in [-0.25, -0.2) is 4.57 Å². The molecule has 0 spiro atoms. The molecule has 0 saturated heterocycles. The standard InChI is InChI=1S/C92H172NO8P/c1-6-8-10-12-14-16-18-20-22-24-26-28-30-32-34-36-38-40-42-44-45-46-47-49-50-52-54-56-58-60-62-64-66-68-70-72-74-76-78-80-82-84-91(94)98-88-90(89-100-102(96,97)99-87-86-93(3,4)5)101-92(95)85-83-81-79-77-75-73-71-69-67-65-63-61-59-57-55-53-51-48-43-41-39-37-35-33-31-29-27-25-23-21-19-17-15-13-11-9-7-2/h9,11,15,17,21,23-24,26-27,29,33,35,90H,6-8,10,12-14,16,18-20,22,25,28,30-32,34,36-89H2,1-5H3/p+1/b11-9-,17-15-,23-21-,26-24-,29-27-,35-33-. The topological polar surface area (TPSA) is 108 Å².